The third-order valence-electron chi connectivity index (χ3n) is 4.33. The Morgan fingerprint density at radius 2 is 1.80 bits per heavy atom. The van der Waals surface area contributed by atoms with E-state index in [1.54, 1.807) is 24.3 Å². The highest BCUT2D eigenvalue weighted by Crippen LogP contribution is 2.22. The molecule has 7 heteroatoms. The molecule has 1 aliphatic carbocycles. The van der Waals surface area contributed by atoms with Crippen LogP contribution in [0.4, 0.5) is 11.5 Å². The van der Waals surface area contributed by atoms with Crippen LogP contribution in [-0.2, 0) is 10.0 Å². The summed E-state index contributed by atoms with van der Waals surface area (Å²) in [6, 6.07) is 10.1. The minimum absolute atomic E-state index is 0.126. The minimum atomic E-state index is -3.68. The topological polar surface area (TPSA) is 71.1 Å². The highest BCUT2D eigenvalue weighted by molar-refractivity contribution is 7.92. The van der Waals surface area contributed by atoms with Gasteiger partial charge in [0.1, 0.15) is 5.82 Å². The van der Waals surface area contributed by atoms with Gasteiger partial charge in [0.15, 0.2) is 0 Å². The van der Waals surface area contributed by atoms with Crippen molar-refractivity contribution in [2.24, 2.45) is 0 Å². The summed E-state index contributed by atoms with van der Waals surface area (Å²) < 4.78 is 27.3. The standard InChI is InChI=1S/C18H22ClN3O2S/c19-14-6-5-9-17(12-14)25(23,24)22-16-10-11-18(20-13-16)21-15-7-3-1-2-4-8-15/h5-6,9-13,15,22H,1-4,7-8H2,(H,20,21). The number of nitrogens with one attached hydrogen (secondary N) is 2. The minimum Gasteiger partial charge on any atom is -0.367 e. The van der Waals surface area contributed by atoms with E-state index in [2.05, 4.69) is 15.0 Å². The average Bonchev–Trinajstić information content (AvgIpc) is 2.85. The quantitative estimate of drug-likeness (QED) is 0.740. The van der Waals surface area contributed by atoms with Crippen LogP contribution in [-0.4, -0.2) is 19.4 Å². The van der Waals surface area contributed by atoms with E-state index in [4.69, 9.17) is 11.6 Å². The fraction of sp³-hybridized carbons (Fsp3) is 0.389. The van der Waals surface area contributed by atoms with E-state index < -0.39 is 10.0 Å². The summed E-state index contributed by atoms with van der Waals surface area (Å²) in [5.74, 6) is 0.776. The number of aromatic nitrogens is 1. The molecule has 5 nitrogen and oxygen atoms in total. The van der Waals surface area contributed by atoms with Gasteiger partial charge < -0.3 is 5.32 Å². The SMILES string of the molecule is O=S(=O)(Nc1ccc(NC2CCCCCC2)nc1)c1cccc(Cl)c1. The summed E-state index contributed by atoms with van der Waals surface area (Å²) in [5.41, 5.74) is 0.423. The zero-order chi connectivity index (χ0) is 17.7. The first kappa shape index (κ1) is 18.0. The predicted octanol–water partition coefficient (Wildman–Crippen LogP) is 4.67. The van der Waals surface area contributed by atoms with Crippen molar-refractivity contribution >= 4 is 33.1 Å². The highest BCUT2D eigenvalue weighted by atomic mass is 35.5. The van der Waals surface area contributed by atoms with E-state index in [1.165, 1.54) is 44.0 Å². The molecule has 0 spiro atoms. The molecule has 0 atom stereocenters. The summed E-state index contributed by atoms with van der Waals surface area (Å²) in [5, 5.41) is 3.82. The van der Waals surface area contributed by atoms with Crippen molar-refractivity contribution in [3.63, 3.8) is 0 Å². The van der Waals surface area contributed by atoms with Crippen LogP contribution in [0.25, 0.3) is 0 Å². The molecule has 1 aromatic carbocycles. The van der Waals surface area contributed by atoms with Gasteiger partial charge >= 0.3 is 0 Å². The molecule has 2 N–H and O–H groups in total. The molecule has 1 fully saturated rings. The van der Waals surface area contributed by atoms with Gasteiger partial charge in [0.05, 0.1) is 16.8 Å². The van der Waals surface area contributed by atoms with Crippen molar-refractivity contribution in [2.75, 3.05) is 10.0 Å². The van der Waals surface area contributed by atoms with Crippen LogP contribution in [0.15, 0.2) is 47.5 Å². The Hall–Kier alpha value is -1.79. The average molecular weight is 380 g/mol. The molecule has 3 rings (SSSR count). The largest absolute Gasteiger partial charge is 0.367 e. The smallest absolute Gasteiger partial charge is 0.261 e. The monoisotopic (exact) mass is 379 g/mol. The Balaban J connectivity index is 1.66. The Morgan fingerprint density at radius 3 is 2.44 bits per heavy atom. The second kappa shape index (κ2) is 8.06. The van der Waals surface area contributed by atoms with Crippen molar-refractivity contribution in [3.8, 4) is 0 Å². The van der Waals surface area contributed by atoms with Crippen LogP contribution in [0.1, 0.15) is 38.5 Å². The second-order valence-electron chi connectivity index (χ2n) is 6.33. The lowest BCUT2D eigenvalue weighted by molar-refractivity contribution is 0.601. The summed E-state index contributed by atoms with van der Waals surface area (Å²) in [4.78, 5) is 4.46. The Labute approximate surface area is 153 Å². The molecular formula is C18H22ClN3O2S. The lowest BCUT2D eigenvalue weighted by Crippen LogP contribution is -2.19. The molecule has 0 unspecified atom stereocenters. The van der Waals surface area contributed by atoms with Crippen molar-refractivity contribution < 1.29 is 8.42 Å². The lowest BCUT2D eigenvalue weighted by atomic mass is 10.1. The Kier molecular flexibility index (Phi) is 5.81. The van der Waals surface area contributed by atoms with Crippen LogP contribution < -0.4 is 10.0 Å². The molecule has 134 valence electrons. The van der Waals surface area contributed by atoms with E-state index >= 15 is 0 Å². The summed E-state index contributed by atoms with van der Waals surface area (Å²) in [6.45, 7) is 0. The van der Waals surface area contributed by atoms with Crippen LogP contribution in [0.3, 0.4) is 0 Å². The van der Waals surface area contributed by atoms with Gasteiger partial charge in [-0.05, 0) is 43.2 Å². The maximum absolute atomic E-state index is 12.4. The molecule has 0 bridgehead atoms. The normalized spacial score (nSPS) is 16.2. The number of anilines is 2. The number of sulfonamides is 1. The number of rotatable bonds is 5. The highest BCUT2D eigenvalue weighted by Gasteiger charge is 2.15. The summed E-state index contributed by atoms with van der Waals surface area (Å²) in [6.07, 6.45) is 8.94. The van der Waals surface area contributed by atoms with Crippen LogP contribution in [0.5, 0.6) is 0 Å². The van der Waals surface area contributed by atoms with Crippen molar-refractivity contribution in [1.82, 2.24) is 4.98 Å². The van der Waals surface area contributed by atoms with Crippen molar-refractivity contribution in [3.05, 3.63) is 47.6 Å². The van der Waals surface area contributed by atoms with Crippen LogP contribution in [0, 0.1) is 0 Å². The maximum atomic E-state index is 12.4. The fourth-order valence-electron chi connectivity index (χ4n) is 3.02. The maximum Gasteiger partial charge on any atom is 0.261 e. The van der Waals surface area contributed by atoms with Crippen molar-refractivity contribution in [2.45, 2.75) is 49.5 Å². The first-order valence-electron chi connectivity index (χ1n) is 8.54. The molecular weight excluding hydrogens is 358 g/mol. The number of hydrogen-bond acceptors (Lipinski definition) is 4. The molecule has 2 aromatic rings. The molecule has 1 heterocycles. The predicted molar refractivity (Wildman–Crippen MR) is 102 cm³/mol. The van der Waals surface area contributed by atoms with Gasteiger partial charge in [-0.15, -0.1) is 0 Å². The Morgan fingerprint density at radius 1 is 1.04 bits per heavy atom. The van der Waals surface area contributed by atoms with Gasteiger partial charge in [0.25, 0.3) is 10.0 Å². The number of pyridine rings is 1. The van der Waals surface area contributed by atoms with Gasteiger partial charge in [-0.1, -0.05) is 43.4 Å². The third kappa shape index (κ3) is 5.09. The van der Waals surface area contributed by atoms with E-state index in [0.717, 1.165) is 18.7 Å². The van der Waals surface area contributed by atoms with E-state index in [9.17, 15) is 8.42 Å². The molecule has 0 radical (unpaired) electrons. The van der Waals surface area contributed by atoms with Crippen LogP contribution >= 0.6 is 11.6 Å². The van der Waals surface area contributed by atoms with Gasteiger partial charge in [-0.25, -0.2) is 13.4 Å². The number of halogens is 1. The first-order chi connectivity index (χ1) is 12.0. The van der Waals surface area contributed by atoms with Crippen LogP contribution in [0.2, 0.25) is 5.02 Å². The van der Waals surface area contributed by atoms with Gasteiger partial charge in [-0.2, -0.15) is 0 Å². The lowest BCUT2D eigenvalue weighted by Gasteiger charge is -2.17. The summed E-state index contributed by atoms with van der Waals surface area (Å²) in [7, 11) is -3.68. The van der Waals surface area contributed by atoms with Gasteiger partial charge in [0, 0.05) is 11.1 Å². The third-order valence-corrected chi connectivity index (χ3v) is 5.94. The zero-order valence-electron chi connectivity index (χ0n) is 13.9. The molecule has 0 saturated heterocycles. The molecule has 1 saturated carbocycles. The van der Waals surface area contributed by atoms with E-state index in [0.29, 0.717) is 16.8 Å². The van der Waals surface area contributed by atoms with Gasteiger partial charge in [0.2, 0.25) is 0 Å². The molecule has 1 aliphatic rings. The molecule has 0 amide bonds. The van der Waals surface area contributed by atoms with Gasteiger partial charge in [-0.3, -0.25) is 4.72 Å². The summed E-state index contributed by atoms with van der Waals surface area (Å²) >= 11 is 5.87. The number of nitrogens with zero attached hydrogens (tertiary/aromatic N) is 1. The van der Waals surface area contributed by atoms with E-state index in [1.807, 2.05) is 0 Å². The molecule has 0 aliphatic heterocycles. The zero-order valence-corrected chi connectivity index (χ0v) is 15.5. The number of benzene rings is 1. The first-order valence-corrected chi connectivity index (χ1v) is 10.4. The fourth-order valence-corrected chi connectivity index (χ4v) is 4.36. The van der Waals surface area contributed by atoms with E-state index in [-0.39, 0.29) is 4.90 Å². The Bertz CT molecular complexity index is 801. The van der Waals surface area contributed by atoms with Crippen molar-refractivity contribution in [1.29, 1.82) is 0 Å². The second-order valence-corrected chi connectivity index (χ2v) is 8.45. The molecule has 25 heavy (non-hydrogen) atoms. The molecule has 1 aromatic heterocycles. The number of hydrogen-bond donors (Lipinski definition) is 2.